The Balaban J connectivity index is 1.20. The maximum Gasteiger partial charge on any atom is 0.414 e. The Morgan fingerprint density at radius 1 is 0.932 bits per heavy atom. The van der Waals surface area contributed by atoms with Gasteiger partial charge < -0.3 is 58.9 Å². The van der Waals surface area contributed by atoms with Crippen LogP contribution in [-0.2, 0) is 51.0 Å². The van der Waals surface area contributed by atoms with E-state index in [1.54, 1.807) is 70.5 Å². The highest BCUT2D eigenvalue weighted by atomic mass is 16.7. The third kappa shape index (κ3) is 12.8. The molecule has 0 radical (unpaired) electrons. The summed E-state index contributed by atoms with van der Waals surface area (Å²) < 4.78 is 39.1. The normalized spacial score (nSPS) is 40.3. The molecule has 0 aliphatic carbocycles. The summed E-state index contributed by atoms with van der Waals surface area (Å²) in [5.41, 5.74) is -3.04. The van der Waals surface area contributed by atoms with Crippen LogP contribution in [0.5, 0.6) is 0 Å². The Kier molecular flexibility index (Phi) is 18.8. The van der Waals surface area contributed by atoms with Crippen LogP contribution in [0.3, 0.4) is 0 Å². The van der Waals surface area contributed by atoms with Crippen molar-refractivity contribution in [3.05, 3.63) is 41.7 Å². The molecule has 6 rings (SSSR count). The van der Waals surface area contributed by atoms with Crippen LogP contribution in [0.1, 0.15) is 124 Å². The van der Waals surface area contributed by atoms with Crippen molar-refractivity contribution in [3.8, 4) is 0 Å². The number of aliphatic hydroxyl groups excluding tert-OH is 3. The molecule has 4 saturated heterocycles. The molecular formula is C53H83N5O15. The first-order valence-corrected chi connectivity index (χ1v) is 26.1. The molecular weight excluding hydrogens is 947 g/mol. The summed E-state index contributed by atoms with van der Waals surface area (Å²) in [6, 6.07) is 6.34. The Bertz CT molecular complexity index is 2210. The average Bonchev–Trinajstić information content (AvgIpc) is 3.95. The number of carbonyl (C=O) groups is 4. The molecule has 20 nitrogen and oxygen atoms in total. The minimum atomic E-state index is -2.02. The van der Waals surface area contributed by atoms with Crippen molar-refractivity contribution < 1.29 is 73.1 Å². The van der Waals surface area contributed by atoms with Crippen molar-refractivity contribution >= 4 is 29.3 Å². The number of likely N-dealkylation sites (N-methyl/N-ethyl adjacent to an activating group) is 1. The van der Waals surface area contributed by atoms with Gasteiger partial charge in [-0.25, -0.2) is 9.48 Å². The maximum absolute atomic E-state index is 14.5. The number of ether oxygens (including phenoxy) is 6. The van der Waals surface area contributed by atoms with Gasteiger partial charge in [-0.05, 0) is 117 Å². The topological polar surface area (TPSA) is 262 Å². The maximum atomic E-state index is 14.5. The van der Waals surface area contributed by atoms with E-state index in [4.69, 9.17) is 28.4 Å². The molecule has 1 aromatic carbocycles. The molecule has 5 N–H and O–H groups in total. The average molecular weight is 1030 g/mol. The molecule has 73 heavy (non-hydrogen) atoms. The number of aromatic nitrogens is 3. The van der Waals surface area contributed by atoms with Gasteiger partial charge in [-0.15, -0.1) is 5.10 Å². The summed E-state index contributed by atoms with van der Waals surface area (Å²) in [4.78, 5) is 56.6. The molecule has 2 aromatic rings. The number of nitrogens with zero attached hydrogens (tertiary/aromatic N) is 5. The number of aliphatic hydroxyl groups is 5. The Labute approximate surface area is 430 Å². The summed E-state index contributed by atoms with van der Waals surface area (Å²) in [5.74, 6) is -5.77. The third-order valence-electron chi connectivity index (χ3n) is 16.5. The molecule has 20 heteroatoms. The van der Waals surface area contributed by atoms with Gasteiger partial charge in [0.2, 0.25) is 0 Å². The zero-order valence-corrected chi connectivity index (χ0v) is 45.0. The minimum Gasteiger partial charge on any atom is -0.459 e. The van der Waals surface area contributed by atoms with E-state index in [1.165, 1.54) is 32.8 Å². The lowest BCUT2D eigenvalue weighted by Gasteiger charge is -2.51. The number of hydrogen-bond donors (Lipinski definition) is 5. The van der Waals surface area contributed by atoms with Gasteiger partial charge in [-0.2, -0.15) is 0 Å². The second-order valence-corrected chi connectivity index (χ2v) is 22.3. The molecule has 0 saturated carbocycles. The van der Waals surface area contributed by atoms with Crippen LogP contribution in [0.4, 0.5) is 10.5 Å². The van der Waals surface area contributed by atoms with Crippen LogP contribution in [-0.4, -0.2) is 180 Å². The lowest BCUT2D eigenvalue weighted by molar-refractivity contribution is -0.302. The molecule has 19 atom stereocenters. The van der Waals surface area contributed by atoms with Crippen molar-refractivity contribution in [1.82, 2.24) is 19.9 Å². The van der Waals surface area contributed by atoms with E-state index < -0.39 is 132 Å². The summed E-state index contributed by atoms with van der Waals surface area (Å²) in [7, 11) is 3.40. The van der Waals surface area contributed by atoms with E-state index in [-0.39, 0.29) is 25.0 Å². The predicted molar refractivity (Wildman–Crippen MR) is 266 cm³/mol. The monoisotopic (exact) mass is 1030 g/mol. The molecule has 5 heterocycles. The highest BCUT2D eigenvalue weighted by molar-refractivity contribution is 5.95. The number of rotatable bonds is 14. The zero-order chi connectivity index (χ0) is 54.1. The number of cyclic esters (lactones) is 2. The summed E-state index contributed by atoms with van der Waals surface area (Å²) in [6.07, 6.45) is -6.87. The highest BCUT2D eigenvalue weighted by Crippen LogP contribution is 2.45. The van der Waals surface area contributed by atoms with Crippen LogP contribution in [0.25, 0.3) is 0 Å². The molecule has 0 bridgehead atoms. The van der Waals surface area contributed by atoms with E-state index in [0.717, 1.165) is 5.69 Å². The Morgan fingerprint density at radius 3 is 2.23 bits per heavy atom. The fourth-order valence-electron chi connectivity index (χ4n) is 12.0. The zero-order valence-electron chi connectivity index (χ0n) is 45.0. The highest BCUT2D eigenvalue weighted by Gasteiger charge is 2.56. The van der Waals surface area contributed by atoms with E-state index in [1.807, 2.05) is 32.0 Å². The van der Waals surface area contributed by atoms with Gasteiger partial charge in [-0.1, -0.05) is 39.8 Å². The quantitative estimate of drug-likeness (QED) is 0.133. The lowest BCUT2D eigenvalue weighted by atomic mass is 9.67. The molecule has 1 aromatic heterocycles. The van der Waals surface area contributed by atoms with Gasteiger partial charge in [0.15, 0.2) is 12.1 Å². The van der Waals surface area contributed by atoms with Gasteiger partial charge >= 0.3 is 12.1 Å². The first-order chi connectivity index (χ1) is 34.1. The van der Waals surface area contributed by atoms with E-state index in [0.29, 0.717) is 50.1 Å². The first kappa shape index (κ1) is 58.3. The number of Topliss-reactive ketones (excluding diaryl/α,β-unsaturated/α-hetero) is 2. The second kappa shape index (κ2) is 23.5. The second-order valence-electron chi connectivity index (χ2n) is 22.3. The van der Waals surface area contributed by atoms with Crippen LogP contribution in [0.2, 0.25) is 0 Å². The largest absolute Gasteiger partial charge is 0.459 e. The summed E-state index contributed by atoms with van der Waals surface area (Å²) in [6.45, 7) is 19.3. The Hall–Kier alpha value is -3.96. The first-order valence-electron chi connectivity index (χ1n) is 26.1. The molecule has 4 aliphatic heterocycles. The van der Waals surface area contributed by atoms with Crippen LogP contribution >= 0.6 is 0 Å². The molecule has 4 fully saturated rings. The van der Waals surface area contributed by atoms with Gasteiger partial charge in [0, 0.05) is 54.8 Å². The number of amides is 1. The van der Waals surface area contributed by atoms with E-state index in [9.17, 15) is 44.7 Å². The number of hydrogen-bond acceptors (Lipinski definition) is 18. The summed E-state index contributed by atoms with van der Waals surface area (Å²) in [5, 5.41) is 68.2. The number of aryl methyl sites for hydroxylation is 1. The number of methoxy groups -OCH3 is 1. The number of ketones is 2. The Morgan fingerprint density at radius 2 is 1.60 bits per heavy atom. The van der Waals surface area contributed by atoms with Crippen molar-refractivity contribution in [2.45, 2.75) is 205 Å². The fourth-order valence-corrected chi connectivity index (χ4v) is 12.0. The number of anilines is 1. The summed E-state index contributed by atoms with van der Waals surface area (Å²) >= 11 is 0. The van der Waals surface area contributed by atoms with Crippen LogP contribution in [0.15, 0.2) is 30.5 Å². The molecule has 2 unspecified atom stereocenters. The number of benzene rings is 1. The van der Waals surface area contributed by atoms with Gasteiger partial charge in [0.1, 0.15) is 35.8 Å². The predicted octanol–water partition coefficient (Wildman–Crippen LogP) is 3.88. The molecule has 0 spiro atoms. The fraction of sp³-hybridized carbons (Fsp3) is 0.774. The molecule has 1 amide bonds. The van der Waals surface area contributed by atoms with Crippen molar-refractivity contribution in [2.24, 2.45) is 29.6 Å². The smallest absolute Gasteiger partial charge is 0.414 e. The van der Waals surface area contributed by atoms with Gasteiger partial charge in [-0.3, -0.25) is 19.3 Å². The minimum absolute atomic E-state index is 0.0643. The van der Waals surface area contributed by atoms with E-state index >= 15 is 0 Å². The van der Waals surface area contributed by atoms with Gasteiger partial charge in [0.25, 0.3) is 0 Å². The third-order valence-corrected chi connectivity index (χ3v) is 16.5. The van der Waals surface area contributed by atoms with Crippen molar-refractivity contribution in [1.29, 1.82) is 0 Å². The van der Waals surface area contributed by atoms with E-state index in [2.05, 4.69) is 10.3 Å². The van der Waals surface area contributed by atoms with Gasteiger partial charge in [0.05, 0.1) is 66.4 Å². The van der Waals surface area contributed by atoms with Crippen LogP contribution in [0, 0.1) is 29.6 Å². The number of carbonyl (C=O) groups excluding carboxylic acids is 4. The number of esters is 1. The van der Waals surface area contributed by atoms with Crippen molar-refractivity contribution in [3.63, 3.8) is 0 Å². The lowest BCUT2D eigenvalue weighted by Crippen LogP contribution is -2.62. The molecule has 4 aliphatic rings. The SMILES string of the molecule is CC[C@H]1OC(=O)[C@H](C)C([C@H]2C[C@@](C)(OC)[C@@H](O)[C@H](C)O2)[C@H](C)[C@@H](O[C@@H]2O[C@H](C)C[C@H](N(C)CCCc3cn(C[C@H]4CN(c5ccc(C(C)=O)cc5)C(=O)O4)nn3)[C@H]2O)[C@](C)(O)C[C@@H](C)C(=O)[C@H](C)[C@@H](O)C1(C)O. The molecule has 410 valence electrons. The standard InChI is InChI=1S/C53H83N5O15/c1-14-41-53(11,67)45(62)32(6)43(60)28(2)23-51(9,66)47(30(4)42(31(5)48(64)72-41)40-24-52(10,68-13)46(63)34(8)70-40)73-49-44(61)39(22-29(3)69-49)56(12)21-15-16-36-25-57(55-54-36)26-38-27-58(50(65)71-38)37-19-17-35(18-20-37)33(7)59/h17-20,25,28-32,34,38-42,44-47,49,61-63,66-67H,14-16,21-24,26-27H2,1-13H3/t28-,29-,30+,31-,32+,34+,38+,39+,40-,41-,42?,44-,45-,46+,47-,49+,51-,52-,53?/m1/s1. The van der Waals surface area contributed by atoms with Crippen molar-refractivity contribution in [2.75, 3.05) is 32.1 Å². The van der Waals surface area contributed by atoms with Crippen LogP contribution < -0.4 is 4.90 Å².